The molecule has 0 atom stereocenters. The first-order valence-corrected chi connectivity index (χ1v) is 9.16. The predicted octanol–water partition coefficient (Wildman–Crippen LogP) is 5.91. The van der Waals surface area contributed by atoms with Crippen molar-refractivity contribution in [3.63, 3.8) is 0 Å². The Morgan fingerprint density at radius 2 is 1.48 bits per heavy atom. The number of carbonyl (C=O) groups is 1. The van der Waals surface area contributed by atoms with E-state index in [1.54, 1.807) is 10.9 Å². The topological polar surface area (TPSA) is 44.1 Å². The number of halogens is 1. The molecule has 0 saturated heterocycles. The summed E-state index contributed by atoms with van der Waals surface area (Å²) >= 11 is 3.41. The third-order valence-corrected chi connectivity index (χ3v) is 4.60. The number of nitrogens with zero attached hydrogens (tertiary/aromatic N) is 2. The molecule has 1 heterocycles. The highest BCUT2D eigenvalue weighted by Gasteiger charge is 2.12. The molecule has 3 aromatic carbocycles. The zero-order valence-corrected chi connectivity index (χ0v) is 15.8. The average Bonchev–Trinajstić information content (AvgIpc) is 3.15. The lowest BCUT2D eigenvalue weighted by atomic mass is 10.1. The number of ether oxygens (including phenoxy) is 1. The summed E-state index contributed by atoms with van der Waals surface area (Å²) in [4.78, 5) is 11.5. The van der Waals surface area contributed by atoms with Gasteiger partial charge in [-0.2, -0.15) is 5.10 Å². The monoisotopic (exact) mass is 418 g/mol. The van der Waals surface area contributed by atoms with Gasteiger partial charge in [-0.15, -0.1) is 0 Å². The second kappa shape index (κ2) is 7.60. The van der Waals surface area contributed by atoms with E-state index in [-0.39, 0.29) is 0 Å². The molecule has 0 saturated carbocycles. The van der Waals surface area contributed by atoms with Crippen molar-refractivity contribution in [1.82, 2.24) is 9.78 Å². The molecule has 1 aromatic heterocycles. The highest BCUT2D eigenvalue weighted by Crippen LogP contribution is 2.28. The first kappa shape index (κ1) is 17.2. The van der Waals surface area contributed by atoms with Gasteiger partial charge in [0.05, 0.1) is 11.3 Å². The van der Waals surface area contributed by atoms with E-state index in [9.17, 15) is 4.79 Å². The minimum Gasteiger partial charge on any atom is -0.457 e. The number of hydrogen-bond acceptors (Lipinski definition) is 3. The lowest BCUT2D eigenvalue weighted by Crippen LogP contribution is -1.94. The maximum Gasteiger partial charge on any atom is 0.153 e. The third kappa shape index (κ3) is 3.83. The molecule has 0 fully saturated rings. The molecule has 0 aliphatic heterocycles. The van der Waals surface area contributed by atoms with Gasteiger partial charge < -0.3 is 4.74 Å². The van der Waals surface area contributed by atoms with Crippen LogP contribution in [0.3, 0.4) is 0 Å². The molecule has 4 aromatic rings. The summed E-state index contributed by atoms with van der Waals surface area (Å²) in [6, 6.07) is 24.9. The van der Waals surface area contributed by atoms with E-state index in [0.29, 0.717) is 11.3 Å². The fourth-order valence-corrected chi connectivity index (χ4v) is 2.99. The molecule has 4 nitrogen and oxygen atoms in total. The van der Waals surface area contributed by atoms with Crippen LogP contribution in [0.25, 0.3) is 16.9 Å². The van der Waals surface area contributed by atoms with E-state index in [4.69, 9.17) is 4.74 Å². The number of carbonyl (C=O) groups excluding carboxylic acids is 1. The lowest BCUT2D eigenvalue weighted by Gasteiger charge is -2.06. The van der Waals surface area contributed by atoms with E-state index in [0.717, 1.165) is 33.5 Å². The summed E-state index contributed by atoms with van der Waals surface area (Å²) in [6.07, 6.45) is 2.57. The molecule has 0 aliphatic rings. The number of hydrogen-bond donors (Lipinski definition) is 0. The fourth-order valence-electron chi connectivity index (χ4n) is 2.73. The van der Waals surface area contributed by atoms with Gasteiger partial charge in [0.1, 0.15) is 17.2 Å². The first-order chi connectivity index (χ1) is 13.2. The van der Waals surface area contributed by atoms with Crippen LogP contribution in [-0.2, 0) is 0 Å². The Kier molecular flexibility index (Phi) is 4.85. The zero-order chi connectivity index (χ0) is 18.6. The Balaban J connectivity index is 1.61. The van der Waals surface area contributed by atoms with Crippen molar-refractivity contribution < 1.29 is 9.53 Å². The third-order valence-electron chi connectivity index (χ3n) is 4.07. The second-order valence-electron chi connectivity index (χ2n) is 5.91. The van der Waals surface area contributed by atoms with Gasteiger partial charge >= 0.3 is 0 Å². The molecule has 0 unspecified atom stereocenters. The zero-order valence-electron chi connectivity index (χ0n) is 14.2. The van der Waals surface area contributed by atoms with Crippen molar-refractivity contribution in [3.05, 3.63) is 95.1 Å². The number of aldehydes is 1. The van der Waals surface area contributed by atoms with Gasteiger partial charge in [0.2, 0.25) is 0 Å². The highest BCUT2D eigenvalue weighted by molar-refractivity contribution is 9.10. The van der Waals surface area contributed by atoms with Gasteiger partial charge in [0.15, 0.2) is 6.29 Å². The molecule has 0 aliphatic carbocycles. The molecule has 132 valence electrons. The summed E-state index contributed by atoms with van der Waals surface area (Å²) in [5.74, 6) is 1.48. The normalized spacial score (nSPS) is 10.6. The van der Waals surface area contributed by atoms with Crippen molar-refractivity contribution in [2.24, 2.45) is 0 Å². The summed E-state index contributed by atoms with van der Waals surface area (Å²) in [7, 11) is 0. The minimum absolute atomic E-state index is 0.542. The molecule has 27 heavy (non-hydrogen) atoms. The number of para-hydroxylation sites is 1. The van der Waals surface area contributed by atoms with Gasteiger partial charge in [-0.25, -0.2) is 4.68 Å². The minimum atomic E-state index is 0.542. The quantitative estimate of drug-likeness (QED) is 0.378. The van der Waals surface area contributed by atoms with Crippen LogP contribution in [0.4, 0.5) is 0 Å². The lowest BCUT2D eigenvalue weighted by molar-refractivity contribution is 0.112. The maximum absolute atomic E-state index is 11.5. The van der Waals surface area contributed by atoms with Gasteiger partial charge in [-0.1, -0.05) is 34.1 Å². The molecular formula is C22H15BrN2O2. The smallest absolute Gasteiger partial charge is 0.153 e. The summed E-state index contributed by atoms with van der Waals surface area (Å²) in [5, 5.41) is 4.58. The van der Waals surface area contributed by atoms with Crippen LogP contribution in [0.15, 0.2) is 89.5 Å². The van der Waals surface area contributed by atoms with Crippen LogP contribution in [0.5, 0.6) is 11.5 Å². The van der Waals surface area contributed by atoms with Crippen molar-refractivity contribution in [1.29, 1.82) is 0 Å². The Morgan fingerprint density at radius 1 is 0.852 bits per heavy atom. The van der Waals surface area contributed by atoms with E-state index in [1.807, 2.05) is 78.9 Å². The van der Waals surface area contributed by atoms with Gasteiger partial charge in [0.25, 0.3) is 0 Å². The summed E-state index contributed by atoms with van der Waals surface area (Å²) < 4.78 is 8.55. The summed E-state index contributed by atoms with van der Waals surface area (Å²) in [5.41, 5.74) is 2.95. The van der Waals surface area contributed by atoms with Crippen LogP contribution in [0.1, 0.15) is 10.4 Å². The number of rotatable bonds is 5. The molecule has 0 bridgehead atoms. The van der Waals surface area contributed by atoms with Crippen molar-refractivity contribution >= 4 is 22.2 Å². The van der Waals surface area contributed by atoms with Gasteiger partial charge in [-0.3, -0.25) is 4.79 Å². The Morgan fingerprint density at radius 3 is 2.11 bits per heavy atom. The molecule has 0 N–H and O–H groups in total. The van der Waals surface area contributed by atoms with Crippen LogP contribution in [0.2, 0.25) is 0 Å². The molecule has 0 radical (unpaired) electrons. The molecular weight excluding hydrogens is 404 g/mol. The van der Waals surface area contributed by atoms with E-state index < -0.39 is 0 Å². The fraction of sp³-hybridized carbons (Fsp3) is 0. The van der Waals surface area contributed by atoms with Crippen LogP contribution in [0, 0.1) is 0 Å². The first-order valence-electron chi connectivity index (χ1n) is 8.37. The van der Waals surface area contributed by atoms with E-state index >= 15 is 0 Å². The number of benzene rings is 3. The standard InChI is InChI=1S/C22H15BrN2O2/c23-18-8-12-21(13-9-18)27-20-10-6-16(7-11-20)22-17(15-26)14-25(24-22)19-4-2-1-3-5-19/h1-15H. The van der Waals surface area contributed by atoms with Crippen LogP contribution < -0.4 is 4.74 Å². The van der Waals surface area contributed by atoms with Crippen molar-refractivity contribution in [2.45, 2.75) is 0 Å². The van der Waals surface area contributed by atoms with Gasteiger partial charge in [0, 0.05) is 16.2 Å². The van der Waals surface area contributed by atoms with Gasteiger partial charge in [-0.05, 0) is 60.7 Å². The van der Waals surface area contributed by atoms with Crippen LogP contribution >= 0.6 is 15.9 Å². The Labute approximate surface area is 165 Å². The largest absolute Gasteiger partial charge is 0.457 e. The van der Waals surface area contributed by atoms with Crippen LogP contribution in [-0.4, -0.2) is 16.1 Å². The highest BCUT2D eigenvalue weighted by atomic mass is 79.9. The SMILES string of the molecule is O=Cc1cn(-c2ccccc2)nc1-c1ccc(Oc2ccc(Br)cc2)cc1. The van der Waals surface area contributed by atoms with Crippen molar-refractivity contribution in [3.8, 4) is 28.4 Å². The van der Waals surface area contributed by atoms with E-state index in [1.165, 1.54) is 0 Å². The second-order valence-corrected chi connectivity index (χ2v) is 6.83. The Bertz CT molecular complexity index is 1060. The van der Waals surface area contributed by atoms with Crippen molar-refractivity contribution in [2.75, 3.05) is 0 Å². The Hall–Kier alpha value is -3.18. The molecule has 0 spiro atoms. The summed E-state index contributed by atoms with van der Waals surface area (Å²) in [6.45, 7) is 0. The van der Waals surface area contributed by atoms with E-state index in [2.05, 4.69) is 21.0 Å². The molecule has 0 amide bonds. The molecule has 5 heteroatoms. The maximum atomic E-state index is 11.5. The number of aromatic nitrogens is 2. The predicted molar refractivity (Wildman–Crippen MR) is 109 cm³/mol. The molecule has 4 rings (SSSR count). The average molecular weight is 419 g/mol.